The van der Waals surface area contributed by atoms with Gasteiger partial charge in [-0.3, -0.25) is 0 Å². The van der Waals surface area contributed by atoms with E-state index in [2.05, 4.69) is 187 Å². The summed E-state index contributed by atoms with van der Waals surface area (Å²) in [6.45, 7) is 7.69. The fourth-order valence-corrected chi connectivity index (χ4v) is 7.83. The highest BCUT2D eigenvalue weighted by atomic mass is 79.9. The van der Waals surface area contributed by atoms with Crippen LogP contribution in [-0.4, -0.2) is 11.6 Å². The van der Waals surface area contributed by atoms with Crippen molar-refractivity contribution in [2.75, 3.05) is 9.80 Å². The quantitative estimate of drug-likeness (QED) is 0.152. The van der Waals surface area contributed by atoms with Crippen LogP contribution in [0, 0.1) is 0 Å². The molecule has 0 N–H and O–H groups in total. The van der Waals surface area contributed by atoms with Crippen molar-refractivity contribution < 1.29 is 18.9 Å². The zero-order chi connectivity index (χ0) is 38.6. The molecule has 9 rings (SSSR count). The lowest BCUT2D eigenvalue weighted by molar-refractivity contribution is -0.0437. The smallest absolute Gasteiger partial charge is 0.246 e. The largest absolute Gasteiger partial charge is 0.449 e. The van der Waals surface area contributed by atoms with Crippen molar-refractivity contribution in [3.05, 3.63) is 167 Å². The molecule has 0 radical (unpaired) electrons. The van der Waals surface area contributed by atoms with Gasteiger partial charge < -0.3 is 28.7 Å². The number of hydrogen-bond acceptors (Lipinski definition) is 6. The molecule has 0 atom stereocenters. The van der Waals surface area contributed by atoms with Crippen LogP contribution in [0.15, 0.2) is 167 Å². The molecule has 6 nitrogen and oxygen atoms in total. The summed E-state index contributed by atoms with van der Waals surface area (Å²) in [6.07, 6.45) is 0. The molecule has 0 amide bonds. The predicted octanol–water partition coefficient (Wildman–Crippen LogP) is 14.5. The third-order valence-electron chi connectivity index (χ3n) is 9.70. The summed E-state index contributed by atoms with van der Waals surface area (Å²) in [6, 6.07) is 55.0. The molecule has 2 aliphatic heterocycles. The molecule has 0 fully saturated rings. The topological polar surface area (TPSA) is 43.4 Å². The molecule has 7 aromatic rings. The zero-order valence-corrected chi connectivity index (χ0v) is 34.5. The molecule has 0 saturated carbocycles. The lowest BCUT2D eigenvalue weighted by Gasteiger charge is -2.30. The van der Waals surface area contributed by atoms with Gasteiger partial charge in [0.1, 0.15) is 0 Å². The second-order valence-corrected chi connectivity index (χ2v) is 16.6. The Labute approximate surface area is 344 Å². The lowest BCUT2D eigenvalue weighted by Crippen LogP contribution is -2.29. The van der Waals surface area contributed by atoms with Crippen molar-refractivity contribution >= 4 is 66.0 Å². The van der Waals surface area contributed by atoms with E-state index in [1.165, 1.54) is 0 Å². The minimum absolute atomic E-state index is 0.693. The van der Waals surface area contributed by atoms with Gasteiger partial charge in [-0.2, -0.15) is 0 Å². The molecule has 56 heavy (non-hydrogen) atoms. The number of halogens is 2. The Bertz CT molecular complexity index is 2410. The molecule has 0 saturated heterocycles. The summed E-state index contributed by atoms with van der Waals surface area (Å²) in [5, 5.41) is 0. The Morgan fingerprint density at radius 1 is 0.339 bits per heavy atom. The molecule has 278 valence electrons. The second-order valence-electron chi connectivity index (χ2n) is 14.8. The van der Waals surface area contributed by atoms with Gasteiger partial charge in [0.25, 0.3) is 0 Å². The van der Waals surface area contributed by atoms with E-state index in [1.54, 1.807) is 0 Å². The highest BCUT2D eigenvalue weighted by Gasteiger charge is 2.33. The standard InChI is InChI=1S/C48H38Br2N2O4/c1-47(2)53-43-24-14-33(28-45(43)55-47)31-8-5-10-39(26-31)51(37-20-16-35(49)17-21-37)41-12-7-13-42(30-41)52(38-22-18-36(50)19-23-38)40-11-6-9-32(27-40)34-15-25-44-46(29-34)56-48(3,4)54-44/h5-30H,1-4H3. The minimum atomic E-state index is -0.693. The van der Waals surface area contributed by atoms with E-state index >= 15 is 0 Å². The molecular weight excluding hydrogens is 828 g/mol. The van der Waals surface area contributed by atoms with Gasteiger partial charge in [0.05, 0.1) is 0 Å². The highest BCUT2D eigenvalue weighted by molar-refractivity contribution is 9.10. The fraction of sp³-hybridized carbons (Fsp3) is 0.125. The first-order chi connectivity index (χ1) is 27.0. The molecule has 0 unspecified atom stereocenters. The van der Waals surface area contributed by atoms with E-state index in [1.807, 2.05) is 39.8 Å². The van der Waals surface area contributed by atoms with Gasteiger partial charge in [-0.1, -0.05) is 74.3 Å². The van der Waals surface area contributed by atoms with E-state index in [-0.39, 0.29) is 0 Å². The van der Waals surface area contributed by atoms with Crippen LogP contribution in [0.4, 0.5) is 34.1 Å². The van der Waals surface area contributed by atoms with Gasteiger partial charge in [0, 0.05) is 70.8 Å². The average Bonchev–Trinajstić information content (AvgIpc) is 3.68. The van der Waals surface area contributed by atoms with Crippen LogP contribution in [0.2, 0.25) is 0 Å². The van der Waals surface area contributed by atoms with Crippen molar-refractivity contribution in [3.8, 4) is 45.3 Å². The van der Waals surface area contributed by atoms with Gasteiger partial charge in [-0.05, 0) is 138 Å². The monoisotopic (exact) mass is 864 g/mol. The average molecular weight is 867 g/mol. The summed E-state index contributed by atoms with van der Waals surface area (Å²) in [5.74, 6) is 1.61. The van der Waals surface area contributed by atoms with Gasteiger partial charge in [0.2, 0.25) is 11.6 Å². The minimum Gasteiger partial charge on any atom is -0.449 e. The van der Waals surface area contributed by atoms with Crippen molar-refractivity contribution in [1.29, 1.82) is 0 Å². The van der Waals surface area contributed by atoms with Crippen LogP contribution < -0.4 is 28.7 Å². The highest BCUT2D eigenvalue weighted by Crippen LogP contribution is 2.46. The predicted molar refractivity (Wildman–Crippen MR) is 233 cm³/mol. The van der Waals surface area contributed by atoms with E-state index in [4.69, 9.17) is 18.9 Å². The van der Waals surface area contributed by atoms with Gasteiger partial charge >= 0.3 is 0 Å². The molecular formula is C48H38Br2N2O4. The fourth-order valence-electron chi connectivity index (χ4n) is 7.30. The summed E-state index contributed by atoms with van der Waals surface area (Å²) >= 11 is 7.29. The third-order valence-corrected chi connectivity index (χ3v) is 10.8. The van der Waals surface area contributed by atoms with Crippen molar-refractivity contribution in [1.82, 2.24) is 0 Å². The van der Waals surface area contributed by atoms with Gasteiger partial charge in [0.15, 0.2) is 23.0 Å². The zero-order valence-electron chi connectivity index (χ0n) is 31.3. The Hall–Kier alpha value is -5.70. The second kappa shape index (κ2) is 14.1. The SMILES string of the molecule is CC1(C)Oc2ccc(-c3cccc(N(c4ccc(Br)cc4)c4cccc(N(c5ccc(Br)cc5)c5cccc(-c6ccc7c(c6)OC(C)(C)O7)c5)c4)c3)cc2O1. The molecule has 2 aliphatic rings. The van der Waals surface area contributed by atoms with E-state index in [0.29, 0.717) is 0 Å². The summed E-state index contributed by atoms with van der Waals surface area (Å²) in [7, 11) is 0. The number of benzene rings is 7. The third kappa shape index (κ3) is 7.22. The number of fused-ring (bicyclic) bond motifs is 2. The molecule has 7 aromatic carbocycles. The molecule has 0 aromatic heterocycles. The first-order valence-corrected chi connectivity index (χ1v) is 20.0. The van der Waals surface area contributed by atoms with Crippen LogP contribution in [0.5, 0.6) is 23.0 Å². The van der Waals surface area contributed by atoms with Crippen molar-refractivity contribution in [2.45, 2.75) is 39.3 Å². The maximum Gasteiger partial charge on any atom is 0.246 e. The molecule has 0 aliphatic carbocycles. The van der Waals surface area contributed by atoms with Crippen molar-refractivity contribution in [3.63, 3.8) is 0 Å². The molecule has 0 bridgehead atoms. The Kier molecular flexibility index (Phi) is 9.06. The van der Waals surface area contributed by atoms with E-state index in [9.17, 15) is 0 Å². The van der Waals surface area contributed by atoms with E-state index < -0.39 is 11.6 Å². The number of anilines is 6. The summed E-state index contributed by atoms with van der Waals surface area (Å²) in [4.78, 5) is 4.58. The maximum atomic E-state index is 6.10. The number of ether oxygens (including phenoxy) is 4. The van der Waals surface area contributed by atoms with E-state index in [0.717, 1.165) is 88.3 Å². The van der Waals surface area contributed by atoms with Crippen LogP contribution >= 0.6 is 31.9 Å². The Morgan fingerprint density at radius 2 is 0.679 bits per heavy atom. The number of nitrogens with zero attached hydrogens (tertiary/aromatic N) is 2. The van der Waals surface area contributed by atoms with Gasteiger partial charge in [-0.15, -0.1) is 0 Å². The maximum absolute atomic E-state index is 6.10. The number of rotatable bonds is 8. The normalized spacial score (nSPS) is 14.4. The first kappa shape index (κ1) is 36.0. The molecule has 2 heterocycles. The van der Waals surface area contributed by atoms with Crippen LogP contribution in [0.25, 0.3) is 22.3 Å². The van der Waals surface area contributed by atoms with Crippen molar-refractivity contribution in [2.24, 2.45) is 0 Å². The first-order valence-electron chi connectivity index (χ1n) is 18.4. The van der Waals surface area contributed by atoms with Crippen LogP contribution in [-0.2, 0) is 0 Å². The Balaban J connectivity index is 1.13. The Morgan fingerprint density at radius 3 is 1.09 bits per heavy atom. The van der Waals surface area contributed by atoms with Crippen LogP contribution in [0.1, 0.15) is 27.7 Å². The summed E-state index contributed by atoms with van der Waals surface area (Å²) < 4.78 is 26.2. The molecule has 0 spiro atoms. The van der Waals surface area contributed by atoms with Gasteiger partial charge in [-0.25, -0.2) is 0 Å². The van der Waals surface area contributed by atoms with Crippen LogP contribution in [0.3, 0.4) is 0 Å². The lowest BCUT2D eigenvalue weighted by atomic mass is 10.0. The summed E-state index contributed by atoms with van der Waals surface area (Å²) in [5.41, 5.74) is 10.3. The number of hydrogen-bond donors (Lipinski definition) is 0. The molecule has 8 heteroatoms.